The minimum absolute atomic E-state index is 0.0376. The van der Waals surface area contributed by atoms with Gasteiger partial charge in [0.05, 0.1) is 0 Å². The Kier molecular flexibility index (Phi) is 3.72. The van der Waals surface area contributed by atoms with Crippen LogP contribution in [-0.4, -0.2) is 11.2 Å². The number of rotatable bonds is 3. The van der Waals surface area contributed by atoms with Crippen LogP contribution in [-0.2, 0) is 6.42 Å². The molecule has 0 unspecified atom stereocenters. The number of nitrogens with zero attached hydrogens (tertiary/aromatic N) is 1. The minimum Gasteiger partial charge on any atom is -0.261 e. The molecule has 0 fully saturated rings. The number of halogens is 3. The lowest BCUT2D eigenvalue weighted by Gasteiger charge is -2.08. The molecular weight excluding hydrogens is 203 g/mol. The summed E-state index contributed by atoms with van der Waals surface area (Å²) >= 11 is 0. The number of aryl methyl sites for hydroxylation is 1. The highest BCUT2D eigenvalue weighted by atomic mass is 19.4. The molecule has 0 amide bonds. The van der Waals surface area contributed by atoms with Gasteiger partial charge in [-0.2, -0.15) is 13.2 Å². The molecular formula is C11H14F3N. The van der Waals surface area contributed by atoms with E-state index < -0.39 is 12.6 Å². The standard InChI is InChI=1S/C11H14F3N/c1-8(2)9-4-6-15-10(7-9)3-5-11(12,13)14/h4,6-8H,3,5H2,1-2H3. The number of alkyl halides is 3. The second-order valence-corrected chi connectivity index (χ2v) is 3.85. The van der Waals surface area contributed by atoms with Gasteiger partial charge in [-0.3, -0.25) is 4.98 Å². The molecule has 15 heavy (non-hydrogen) atoms. The molecule has 0 aromatic carbocycles. The summed E-state index contributed by atoms with van der Waals surface area (Å²) in [6.45, 7) is 4.01. The van der Waals surface area contributed by atoms with Gasteiger partial charge in [0.1, 0.15) is 0 Å². The van der Waals surface area contributed by atoms with E-state index in [0.717, 1.165) is 5.56 Å². The molecule has 1 heterocycles. The van der Waals surface area contributed by atoms with E-state index in [4.69, 9.17) is 0 Å². The first kappa shape index (κ1) is 12.0. The van der Waals surface area contributed by atoms with E-state index >= 15 is 0 Å². The first-order valence-electron chi connectivity index (χ1n) is 4.90. The lowest BCUT2D eigenvalue weighted by atomic mass is 10.0. The third-order valence-corrected chi connectivity index (χ3v) is 2.17. The van der Waals surface area contributed by atoms with E-state index in [9.17, 15) is 13.2 Å². The fraction of sp³-hybridized carbons (Fsp3) is 0.545. The third-order valence-electron chi connectivity index (χ3n) is 2.17. The summed E-state index contributed by atoms with van der Waals surface area (Å²) in [4.78, 5) is 3.92. The van der Waals surface area contributed by atoms with Gasteiger partial charge < -0.3 is 0 Å². The van der Waals surface area contributed by atoms with Gasteiger partial charge in [-0.15, -0.1) is 0 Å². The van der Waals surface area contributed by atoms with E-state index in [1.807, 2.05) is 19.9 Å². The van der Waals surface area contributed by atoms with Gasteiger partial charge in [0.25, 0.3) is 0 Å². The molecule has 0 aliphatic carbocycles. The SMILES string of the molecule is CC(C)c1ccnc(CCC(F)(F)F)c1. The van der Waals surface area contributed by atoms with Crippen LogP contribution in [0.25, 0.3) is 0 Å². The fourth-order valence-electron chi connectivity index (χ4n) is 1.26. The zero-order chi connectivity index (χ0) is 11.5. The van der Waals surface area contributed by atoms with Crippen LogP contribution >= 0.6 is 0 Å². The van der Waals surface area contributed by atoms with Crippen LogP contribution in [0, 0.1) is 0 Å². The fourth-order valence-corrected chi connectivity index (χ4v) is 1.26. The lowest BCUT2D eigenvalue weighted by molar-refractivity contribution is -0.134. The Bertz CT molecular complexity index is 318. The van der Waals surface area contributed by atoms with Gasteiger partial charge >= 0.3 is 6.18 Å². The van der Waals surface area contributed by atoms with Gasteiger partial charge in [0, 0.05) is 18.3 Å². The first-order valence-corrected chi connectivity index (χ1v) is 4.90. The first-order chi connectivity index (χ1) is 6.88. The van der Waals surface area contributed by atoms with Crippen molar-refractivity contribution in [3.63, 3.8) is 0 Å². The molecule has 0 aliphatic heterocycles. The molecule has 0 saturated carbocycles. The molecule has 4 heteroatoms. The van der Waals surface area contributed by atoms with Gasteiger partial charge in [0.15, 0.2) is 0 Å². The van der Waals surface area contributed by atoms with Crippen molar-refractivity contribution < 1.29 is 13.2 Å². The minimum atomic E-state index is -4.10. The van der Waals surface area contributed by atoms with Crippen molar-refractivity contribution in [1.82, 2.24) is 4.98 Å². The molecule has 1 aromatic heterocycles. The van der Waals surface area contributed by atoms with Gasteiger partial charge in [-0.05, 0) is 30.0 Å². The van der Waals surface area contributed by atoms with Crippen molar-refractivity contribution in [3.05, 3.63) is 29.6 Å². The molecule has 84 valence electrons. The topological polar surface area (TPSA) is 12.9 Å². The Labute approximate surface area is 87.3 Å². The molecule has 0 bridgehead atoms. The summed E-state index contributed by atoms with van der Waals surface area (Å²) in [7, 11) is 0. The highest BCUT2D eigenvalue weighted by molar-refractivity contribution is 5.19. The van der Waals surface area contributed by atoms with Crippen LogP contribution in [0.15, 0.2) is 18.3 Å². The van der Waals surface area contributed by atoms with E-state index in [1.165, 1.54) is 0 Å². The second-order valence-electron chi connectivity index (χ2n) is 3.85. The maximum Gasteiger partial charge on any atom is 0.389 e. The van der Waals surface area contributed by atoms with Crippen LogP contribution in [0.2, 0.25) is 0 Å². The molecule has 1 aromatic rings. The van der Waals surface area contributed by atoms with Crippen LogP contribution in [0.4, 0.5) is 13.2 Å². The molecule has 1 nitrogen and oxygen atoms in total. The summed E-state index contributed by atoms with van der Waals surface area (Å²) in [5, 5.41) is 0. The van der Waals surface area contributed by atoms with Crippen molar-refractivity contribution >= 4 is 0 Å². The van der Waals surface area contributed by atoms with Crippen LogP contribution in [0.5, 0.6) is 0 Å². The normalized spacial score (nSPS) is 12.1. The average molecular weight is 217 g/mol. The second kappa shape index (κ2) is 4.64. The quantitative estimate of drug-likeness (QED) is 0.752. The number of aromatic nitrogens is 1. The summed E-state index contributed by atoms with van der Waals surface area (Å²) in [6, 6.07) is 3.58. The largest absolute Gasteiger partial charge is 0.389 e. The molecule has 1 rings (SSSR count). The molecule has 0 atom stereocenters. The summed E-state index contributed by atoms with van der Waals surface area (Å²) in [5.74, 6) is 0.317. The van der Waals surface area contributed by atoms with E-state index in [1.54, 1.807) is 12.3 Å². The monoisotopic (exact) mass is 217 g/mol. The van der Waals surface area contributed by atoms with Crippen LogP contribution in [0.1, 0.15) is 37.4 Å². The summed E-state index contributed by atoms with van der Waals surface area (Å²) in [6.07, 6.45) is -3.37. The maximum absolute atomic E-state index is 12.0. The Morgan fingerprint density at radius 1 is 1.33 bits per heavy atom. The molecule has 0 spiro atoms. The Hall–Kier alpha value is -1.06. The Morgan fingerprint density at radius 3 is 2.53 bits per heavy atom. The van der Waals surface area contributed by atoms with Gasteiger partial charge in [-0.1, -0.05) is 13.8 Å². The Morgan fingerprint density at radius 2 is 2.00 bits per heavy atom. The van der Waals surface area contributed by atoms with Crippen molar-refractivity contribution in [1.29, 1.82) is 0 Å². The number of hydrogen-bond acceptors (Lipinski definition) is 1. The van der Waals surface area contributed by atoms with Gasteiger partial charge in [-0.25, -0.2) is 0 Å². The zero-order valence-corrected chi connectivity index (χ0v) is 8.80. The maximum atomic E-state index is 12.0. The summed E-state index contributed by atoms with van der Waals surface area (Å²) in [5.41, 5.74) is 1.54. The summed E-state index contributed by atoms with van der Waals surface area (Å²) < 4.78 is 35.9. The van der Waals surface area contributed by atoms with E-state index in [0.29, 0.717) is 11.6 Å². The van der Waals surface area contributed by atoms with Crippen molar-refractivity contribution in [2.75, 3.05) is 0 Å². The van der Waals surface area contributed by atoms with Gasteiger partial charge in [0.2, 0.25) is 0 Å². The molecule has 0 N–H and O–H groups in total. The van der Waals surface area contributed by atoms with E-state index in [-0.39, 0.29) is 6.42 Å². The van der Waals surface area contributed by atoms with E-state index in [2.05, 4.69) is 4.98 Å². The Balaban J connectivity index is 2.66. The number of hydrogen-bond donors (Lipinski definition) is 0. The number of pyridine rings is 1. The highest BCUT2D eigenvalue weighted by Crippen LogP contribution is 2.22. The molecule has 0 saturated heterocycles. The third kappa shape index (κ3) is 4.32. The average Bonchev–Trinajstić information content (AvgIpc) is 2.14. The lowest BCUT2D eigenvalue weighted by Crippen LogP contribution is -2.09. The van der Waals surface area contributed by atoms with Crippen LogP contribution < -0.4 is 0 Å². The van der Waals surface area contributed by atoms with Crippen molar-refractivity contribution in [3.8, 4) is 0 Å². The molecule has 0 aliphatic rings. The van der Waals surface area contributed by atoms with Crippen molar-refractivity contribution in [2.45, 2.75) is 38.8 Å². The highest BCUT2D eigenvalue weighted by Gasteiger charge is 2.26. The predicted octanol–water partition coefficient (Wildman–Crippen LogP) is 3.70. The zero-order valence-electron chi connectivity index (χ0n) is 8.80. The van der Waals surface area contributed by atoms with Crippen molar-refractivity contribution in [2.24, 2.45) is 0 Å². The smallest absolute Gasteiger partial charge is 0.261 e. The predicted molar refractivity (Wildman–Crippen MR) is 52.7 cm³/mol. The van der Waals surface area contributed by atoms with Crippen LogP contribution in [0.3, 0.4) is 0 Å². The molecule has 0 radical (unpaired) electrons.